The zero-order chi connectivity index (χ0) is 18.9. The van der Waals surface area contributed by atoms with Gasteiger partial charge in [-0.1, -0.05) is 78.1 Å². The van der Waals surface area contributed by atoms with Gasteiger partial charge < -0.3 is 25.2 Å². The van der Waals surface area contributed by atoms with E-state index in [4.69, 9.17) is 4.74 Å². The molecule has 0 spiro atoms. The lowest BCUT2D eigenvalue weighted by Gasteiger charge is -2.30. The summed E-state index contributed by atoms with van der Waals surface area (Å²) in [5.74, 6) is 0. The highest BCUT2D eigenvalue weighted by molar-refractivity contribution is 4.75. The second kappa shape index (κ2) is 17.2. The lowest BCUT2D eigenvalue weighted by atomic mass is 10.0. The van der Waals surface area contributed by atoms with E-state index in [0.29, 0.717) is 12.8 Å². The Balaban J connectivity index is 4.44. The number of hydrogen-bond acceptors (Lipinski definition) is 5. The molecule has 4 N–H and O–H groups in total. The molecule has 0 aromatic carbocycles. The van der Waals surface area contributed by atoms with Crippen molar-refractivity contribution in [3.63, 3.8) is 0 Å². The molecular formula is C20H42O5. The first-order chi connectivity index (χ1) is 12.1. The van der Waals surface area contributed by atoms with Crippen molar-refractivity contribution in [3.05, 3.63) is 0 Å². The highest BCUT2D eigenvalue weighted by Crippen LogP contribution is 2.19. The summed E-state index contributed by atoms with van der Waals surface area (Å²) in [4.78, 5) is 0. The normalized spacial score (nSPS) is 16.6. The Morgan fingerprint density at radius 2 is 0.960 bits per heavy atom. The van der Waals surface area contributed by atoms with E-state index in [1.165, 1.54) is 38.5 Å². The van der Waals surface area contributed by atoms with Gasteiger partial charge in [-0.25, -0.2) is 0 Å². The fourth-order valence-electron chi connectivity index (χ4n) is 3.06. The fraction of sp³-hybridized carbons (Fsp3) is 1.00. The number of aliphatic hydroxyl groups excluding tert-OH is 4. The van der Waals surface area contributed by atoms with Crippen molar-refractivity contribution in [2.45, 2.75) is 115 Å². The van der Waals surface area contributed by atoms with Gasteiger partial charge in [-0.3, -0.25) is 0 Å². The molecule has 0 rings (SSSR count). The average Bonchev–Trinajstić information content (AvgIpc) is 2.63. The summed E-state index contributed by atoms with van der Waals surface area (Å²) in [7, 11) is 0. The van der Waals surface area contributed by atoms with E-state index in [2.05, 4.69) is 13.8 Å². The van der Waals surface area contributed by atoms with E-state index >= 15 is 0 Å². The molecule has 25 heavy (non-hydrogen) atoms. The van der Waals surface area contributed by atoms with E-state index in [9.17, 15) is 20.4 Å². The van der Waals surface area contributed by atoms with Crippen molar-refractivity contribution in [1.82, 2.24) is 0 Å². The van der Waals surface area contributed by atoms with Gasteiger partial charge in [0, 0.05) is 0 Å². The fourth-order valence-corrected chi connectivity index (χ4v) is 3.06. The molecular weight excluding hydrogens is 320 g/mol. The van der Waals surface area contributed by atoms with Crippen LogP contribution in [0.25, 0.3) is 0 Å². The maximum Gasteiger partial charge on any atom is 0.103 e. The largest absolute Gasteiger partial charge is 0.394 e. The molecule has 0 heterocycles. The summed E-state index contributed by atoms with van der Waals surface area (Å²) >= 11 is 0. The van der Waals surface area contributed by atoms with Crippen LogP contribution in [0.4, 0.5) is 0 Å². The Morgan fingerprint density at radius 1 is 0.600 bits per heavy atom. The Bertz CT molecular complexity index is 249. The highest BCUT2D eigenvalue weighted by atomic mass is 16.5. The third-order valence-corrected chi connectivity index (χ3v) is 4.77. The minimum absolute atomic E-state index is 0.349. The summed E-state index contributed by atoms with van der Waals surface area (Å²) in [6.45, 7) is 3.64. The molecule has 0 amide bonds. The zero-order valence-electron chi connectivity index (χ0n) is 16.4. The van der Waals surface area contributed by atoms with Crippen LogP contribution >= 0.6 is 0 Å². The molecule has 152 valence electrons. The molecule has 0 aliphatic heterocycles. The molecule has 4 atom stereocenters. The van der Waals surface area contributed by atoms with Crippen LogP contribution in [0.1, 0.15) is 90.9 Å². The first kappa shape index (κ1) is 24.8. The average molecular weight is 363 g/mol. The summed E-state index contributed by atoms with van der Waals surface area (Å²) in [6.07, 6.45) is 9.58. The van der Waals surface area contributed by atoms with E-state index in [1.54, 1.807) is 0 Å². The van der Waals surface area contributed by atoms with Crippen molar-refractivity contribution in [1.29, 1.82) is 0 Å². The molecule has 0 radical (unpaired) electrons. The van der Waals surface area contributed by atoms with Gasteiger partial charge >= 0.3 is 0 Å². The number of unbranched alkanes of at least 4 members (excludes halogenated alkanes) is 8. The third kappa shape index (κ3) is 12.7. The smallest absolute Gasteiger partial charge is 0.103 e. The van der Waals surface area contributed by atoms with Gasteiger partial charge in [-0.05, 0) is 12.8 Å². The van der Waals surface area contributed by atoms with Crippen molar-refractivity contribution < 1.29 is 25.2 Å². The van der Waals surface area contributed by atoms with Crippen molar-refractivity contribution in [3.8, 4) is 0 Å². The molecule has 0 aromatic rings. The Hall–Kier alpha value is -0.200. The molecule has 0 aliphatic rings. The summed E-state index contributed by atoms with van der Waals surface area (Å²) in [5.41, 5.74) is 0. The summed E-state index contributed by atoms with van der Waals surface area (Å²) < 4.78 is 5.95. The molecule has 0 bridgehead atoms. The van der Waals surface area contributed by atoms with Gasteiger partial charge in [-0.15, -0.1) is 0 Å². The standard InChI is InChI=1S/C20H42O5/c1-3-5-7-9-11-13-19(17(23)15-21)25-20(18(24)16-22)14-12-10-8-6-4-2/h17-24H,3-16H2,1-2H3. The van der Waals surface area contributed by atoms with Crippen LogP contribution in [0.5, 0.6) is 0 Å². The second-order valence-corrected chi connectivity index (χ2v) is 7.12. The van der Waals surface area contributed by atoms with Crippen LogP contribution < -0.4 is 0 Å². The quantitative estimate of drug-likeness (QED) is 0.281. The van der Waals surface area contributed by atoms with Gasteiger partial charge in [0.15, 0.2) is 0 Å². The lowest BCUT2D eigenvalue weighted by molar-refractivity contribution is -0.137. The van der Waals surface area contributed by atoms with E-state index < -0.39 is 24.4 Å². The second-order valence-electron chi connectivity index (χ2n) is 7.12. The Kier molecular flexibility index (Phi) is 17.1. The maximum atomic E-state index is 10.0. The molecule has 0 saturated heterocycles. The number of hydrogen-bond donors (Lipinski definition) is 4. The van der Waals surface area contributed by atoms with Gasteiger partial charge in [0.2, 0.25) is 0 Å². The number of rotatable bonds is 18. The van der Waals surface area contributed by atoms with Gasteiger partial charge in [-0.2, -0.15) is 0 Å². The highest BCUT2D eigenvalue weighted by Gasteiger charge is 2.27. The van der Waals surface area contributed by atoms with Gasteiger partial charge in [0.1, 0.15) is 12.2 Å². The maximum absolute atomic E-state index is 10.0. The van der Waals surface area contributed by atoms with Gasteiger partial charge in [0.25, 0.3) is 0 Å². The molecule has 5 nitrogen and oxygen atoms in total. The van der Waals surface area contributed by atoms with Gasteiger partial charge in [0.05, 0.1) is 25.4 Å². The first-order valence-electron chi connectivity index (χ1n) is 10.3. The molecule has 5 heteroatoms. The van der Waals surface area contributed by atoms with E-state index in [-0.39, 0.29) is 13.2 Å². The molecule has 4 unspecified atom stereocenters. The third-order valence-electron chi connectivity index (χ3n) is 4.77. The van der Waals surface area contributed by atoms with Crippen LogP contribution in [-0.4, -0.2) is 58.1 Å². The van der Waals surface area contributed by atoms with Crippen LogP contribution in [-0.2, 0) is 4.74 Å². The predicted molar refractivity (Wildman–Crippen MR) is 102 cm³/mol. The monoisotopic (exact) mass is 362 g/mol. The number of ether oxygens (including phenoxy) is 1. The van der Waals surface area contributed by atoms with Crippen LogP contribution in [0.15, 0.2) is 0 Å². The first-order valence-corrected chi connectivity index (χ1v) is 10.3. The Morgan fingerprint density at radius 3 is 1.28 bits per heavy atom. The van der Waals surface area contributed by atoms with Crippen molar-refractivity contribution >= 4 is 0 Å². The SMILES string of the molecule is CCCCCCCC(OC(CCCCCCC)C(O)CO)C(O)CO. The lowest BCUT2D eigenvalue weighted by Crippen LogP contribution is -2.41. The minimum atomic E-state index is -0.945. The van der Waals surface area contributed by atoms with E-state index in [1.807, 2.05) is 0 Å². The zero-order valence-corrected chi connectivity index (χ0v) is 16.4. The number of aliphatic hydroxyl groups is 4. The topological polar surface area (TPSA) is 90.2 Å². The Labute approximate surface area is 154 Å². The summed E-state index contributed by atoms with van der Waals surface area (Å²) in [6, 6.07) is 0. The molecule has 0 saturated carbocycles. The predicted octanol–water partition coefficient (Wildman–Crippen LogP) is 3.17. The van der Waals surface area contributed by atoms with Crippen LogP contribution in [0.3, 0.4) is 0 Å². The van der Waals surface area contributed by atoms with Crippen molar-refractivity contribution in [2.75, 3.05) is 13.2 Å². The molecule has 0 fully saturated rings. The molecule has 0 aromatic heterocycles. The van der Waals surface area contributed by atoms with E-state index in [0.717, 1.165) is 25.7 Å². The minimum Gasteiger partial charge on any atom is -0.394 e. The summed E-state index contributed by atoms with van der Waals surface area (Å²) in [5, 5.41) is 38.7. The van der Waals surface area contributed by atoms with Crippen molar-refractivity contribution in [2.24, 2.45) is 0 Å². The van der Waals surface area contributed by atoms with Crippen LogP contribution in [0, 0.1) is 0 Å². The molecule has 0 aliphatic carbocycles. The van der Waals surface area contributed by atoms with Crippen LogP contribution in [0.2, 0.25) is 0 Å².